The van der Waals surface area contributed by atoms with Gasteiger partial charge >= 0.3 is 0 Å². The lowest BCUT2D eigenvalue weighted by atomic mass is 9.97. The van der Waals surface area contributed by atoms with Crippen LogP contribution in [0.3, 0.4) is 0 Å². The van der Waals surface area contributed by atoms with Crippen LogP contribution in [-0.2, 0) is 9.59 Å². The molecule has 0 rings (SSSR count). The second kappa shape index (κ2) is 13.8. The van der Waals surface area contributed by atoms with E-state index >= 15 is 0 Å². The Hall–Kier alpha value is -1.16. The van der Waals surface area contributed by atoms with Gasteiger partial charge in [-0.15, -0.1) is 0 Å². The molecule has 0 heterocycles. The van der Waals surface area contributed by atoms with Crippen LogP contribution < -0.4 is 11.3 Å². The highest BCUT2D eigenvalue weighted by Crippen LogP contribution is 2.19. The molecule has 3 N–H and O–H groups in total. The van der Waals surface area contributed by atoms with Crippen LogP contribution in [0.25, 0.3) is 0 Å². The summed E-state index contributed by atoms with van der Waals surface area (Å²) in [4.78, 5) is 22.0. The number of amides is 1. The molecule has 0 aliphatic rings. The van der Waals surface area contributed by atoms with Gasteiger partial charge in [0.25, 0.3) is 5.91 Å². The van der Waals surface area contributed by atoms with Gasteiger partial charge in [0.2, 0.25) is 0 Å². The van der Waals surface area contributed by atoms with Crippen LogP contribution in [0.5, 0.6) is 0 Å². The summed E-state index contributed by atoms with van der Waals surface area (Å²) in [6.07, 6.45) is 12.3. The second-order valence-electron chi connectivity index (χ2n) is 5.44. The molecule has 1 amide bonds. The Morgan fingerprint density at radius 1 is 0.952 bits per heavy atom. The van der Waals surface area contributed by atoms with Gasteiger partial charge in [-0.05, 0) is 32.1 Å². The smallest absolute Gasteiger partial charge is 0.261 e. The van der Waals surface area contributed by atoms with Crippen molar-refractivity contribution in [3.05, 3.63) is 11.1 Å². The summed E-state index contributed by atoms with van der Waals surface area (Å²) in [5.74, 6) is 5.15. The molecule has 4 nitrogen and oxygen atoms in total. The molecule has 0 saturated heterocycles. The van der Waals surface area contributed by atoms with Crippen molar-refractivity contribution < 1.29 is 9.59 Å². The average Bonchev–Trinajstić information content (AvgIpc) is 2.51. The van der Waals surface area contributed by atoms with Crippen molar-refractivity contribution in [2.24, 2.45) is 5.84 Å². The number of unbranched alkanes of at least 4 members (excludes halogenated alkanes) is 7. The predicted molar refractivity (Wildman–Crippen MR) is 87.6 cm³/mol. The average molecular weight is 296 g/mol. The number of carbonyl (C=O) groups is 2. The summed E-state index contributed by atoms with van der Waals surface area (Å²) in [5.41, 5.74) is 4.37. The highest BCUT2D eigenvalue weighted by molar-refractivity contribution is 5.93. The second-order valence-corrected chi connectivity index (χ2v) is 5.44. The summed E-state index contributed by atoms with van der Waals surface area (Å²) in [6.45, 7) is 4.17. The van der Waals surface area contributed by atoms with E-state index in [1.807, 2.05) is 0 Å². The standard InChI is InChI=1S/C17H32N2O2/c1-3-15(4-2)16(17(21)19-18)13-11-9-7-5-6-8-10-12-14-20/h14H,3-13,18H2,1-2H3,(H,19,21). The molecule has 0 spiro atoms. The quantitative estimate of drug-likeness (QED) is 0.136. The van der Waals surface area contributed by atoms with E-state index in [4.69, 9.17) is 5.84 Å². The Kier molecular flexibility index (Phi) is 13.0. The first kappa shape index (κ1) is 19.8. The summed E-state index contributed by atoms with van der Waals surface area (Å²) in [5, 5.41) is 0. The maximum absolute atomic E-state index is 11.8. The molecule has 0 bridgehead atoms. The number of allylic oxidation sites excluding steroid dienone is 1. The molecule has 0 aliphatic carbocycles. The van der Waals surface area contributed by atoms with E-state index in [2.05, 4.69) is 19.3 Å². The third-order valence-electron chi connectivity index (χ3n) is 3.93. The number of nitrogens with two attached hydrogens (primary N) is 1. The van der Waals surface area contributed by atoms with Crippen molar-refractivity contribution in [2.75, 3.05) is 0 Å². The molecule has 0 aromatic carbocycles. The number of carbonyl (C=O) groups excluding carboxylic acids is 2. The summed E-state index contributed by atoms with van der Waals surface area (Å²) >= 11 is 0. The molecule has 0 aromatic rings. The molecule has 122 valence electrons. The van der Waals surface area contributed by atoms with Crippen LogP contribution in [0.4, 0.5) is 0 Å². The molecule has 0 atom stereocenters. The van der Waals surface area contributed by atoms with Gasteiger partial charge in [-0.2, -0.15) is 0 Å². The SMILES string of the molecule is CCC(CC)=C(CCCCCCCCCC=O)C(=O)NN. The normalized spacial score (nSPS) is 10.2. The van der Waals surface area contributed by atoms with E-state index in [1.165, 1.54) is 24.8 Å². The molecule has 0 fully saturated rings. The van der Waals surface area contributed by atoms with Gasteiger partial charge < -0.3 is 4.79 Å². The van der Waals surface area contributed by atoms with Crippen molar-refractivity contribution in [1.29, 1.82) is 0 Å². The maximum atomic E-state index is 11.8. The number of hydrogen-bond donors (Lipinski definition) is 2. The summed E-state index contributed by atoms with van der Waals surface area (Å²) in [6, 6.07) is 0. The van der Waals surface area contributed by atoms with E-state index in [0.29, 0.717) is 6.42 Å². The molecule has 0 radical (unpaired) electrons. The van der Waals surface area contributed by atoms with Gasteiger partial charge in [0, 0.05) is 12.0 Å². The van der Waals surface area contributed by atoms with E-state index in [0.717, 1.165) is 56.8 Å². The van der Waals surface area contributed by atoms with Gasteiger partial charge in [0.15, 0.2) is 0 Å². The lowest BCUT2D eigenvalue weighted by Crippen LogP contribution is -2.32. The number of rotatable bonds is 13. The first-order valence-electron chi connectivity index (χ1n) is 8.36. The van der Waals surface area contributed by atoms with E-state index in [9.17, 15) is 9.59 Å². The minimum atomic E-state index is -0.123. The van der Waals surface area contributed by atoms with Crippen LogP contribution in [0.1, 0.15) is 84.5 Å². The van der Waals surface area contributed by atoms with Crippen molar-refractivity contribution in [1.82, 2.24) is 5.43 Å². The van der Waals surface area contributed by atoms with Crippen molar-refractivity contribution in [3.63, 3.8) is 0 Å². The Morgan fingerprint density at radius 3 is 1.95 bits per heavy atom. The number of nitrogens with one attached hydrogen (secondary N) is 1. The van der Waals surface area contributed by atoms with Crippen LogP contribution in [0, 0.1) is 0 Å². The molecule has 0 saturated carbocycles. The molecule has 21 heavy (non-hydrogen) atoms. The van der Waals surface area contributed by atoms with Crippen LogP contribution in [-0.4, -0.2) is 12.2 Å². The molecule has 0 aliphatic heterocycles. The van der Waals surface area contributed by atoms with E-state index in [1.54, 1.807) is 0 Å². The number of aldehydes is 1. The number of hydrazine groups is 1. The van der Waals surface area contributed by atoms with Crippen LogP contribution in [0.15, 0.2) is 11.1 Å². The molecule has 0 unspecified atom stereocenters. The first-order valence-corrected chi connectivity index (χ1v) is 8.36. The maximum Gasteiger partial charge on any atom is 0.261 e. The largest absolute Gasteiger partial charge is 0.303 e. The topological polar surface area (TPSA) is 72.2 Å². The molecule has 0 aromatic heterocycles. The predicted octanol–water partition coefficient (Wildman–Crippen LogP) is 3.80. The van der Waals surface area contributed by atoms with Crippen LogP contribution in [0.2, 0.25) is 0 Å². The fraction of sp³-hybridized carbons (Fsp3) is 0.765. The zero-order chi connectivity index (χ0) is 15.9. The lowest BCUT2D eigenvalue weighted by Gasteiger charge is -2.11. The summed E-state index contributed by atoms with van der Waals surface area (Å²) in [7, 11) is 0. The Labute approximate surface area is 129 Å². The zero-order valence-electron chi connectivity index (χ0n) is 13.7. The van der Waals surface area contributed by atoms with Gasteiger partial charge in [0.05, 0.1) is 0 Å². The summed E-state index contributed by atoms with van der Waals surface area (Å²) < 4.78 is 0. The van der Waals surface area contributed by atoms with Gasteiger partial charge in [-0.1, -0.05) is 51.5 Å². The fourth-order valence-corrected chi connectivity index (χ4v) is 2.63. The Bertz CT molecular complexity index is 319. The minimum Gasteiger partial charge on any atom is -0.303 e. The van der Waals surface area contributed by atoms with E-state index in [-0.39, 0.29) is 5.91 Å². The van der Waals surface area contributed by atoms with Crippen LogP contribution >= 0.6 is 0 Å². The van der Waals surface area contributed by atoms with E-state index < -0.39 is 0 Å². The fourth-order valence-electron chi connectivity index (χ4n) is 2.63. The molecular formula is C17H32N2O2. The van der Waals surface area contributed by atoms with Crippen molar-refractivity contribution >= 4 is 12.2 Å². The highest BCUT2D eigenvalue weighted by Gasteiger charge is 2.11. The highest BCUT2D eigenvalue weighted by atomic mass is 16.2. The molecular weight excluding hydrogens is 264 g/mol. The Morgan fingerprint density at radius 2 is 1.48 bits per heavy atom. The third kappa shape index (κ3) is 9.40. The van der Waals surface area contributed by atoms with Crippen molar-refractivity contribution in [2.45, 2.75) is 84.5 Å². The van der Waals surface area contributed by atoms with Gasteiger partial charge in [0.1, 0.15) is 6.29 Å². The van der Waals surface area contributed by atoms with Gasteiger partial charge in [-0.3, -0.25) is 10.2 Å². The molecule has 4 heteroatoms. The first-order chi connectivity index (χ1) is 10.2. The number of hydrogen-bond acceptors (Lipinski definition) is 3. The monoisotopic (exact) mass is 296 g/mol. The van der Waals surface area contributed by atoms with Crippen molar-refractivity contribution in [3.8, 4) is 0 Å². The third-order valence-corrected chi connectivity index (χ3v) is 3.93. The van der Waals surface area contributed by atoms with Gasteiger partial charge in [-0.25, -0.2) is 5.84 Å². The zero-order valence-corrected chi connectivity index (χ0v) is 13.7. The lowest BCUT2D eigenvalue weighted by molar-refractivity contribution is -0.117. The Balaban J connectivity index is 3.92. The minimum absolute atomic E-state index is 0.123.